The van der Waals surface area contributed by atoms with Crippen LogP contribution in [0.4, 0.5) is 0 Å². The minimum Gasteiger partial charge on any atom is -0.295 e. The highest BCUT2D eigenvalue weighted by Gasteiger charge is 2.16. The number of hydrogen-bond acceptors (Lipinski definition) is 4. The Morgan fingerprint density at radius 3 is 2.65 bits per heavy atom. The van der Waals surface area contributed by atoms with Gasteiger partial charge in [0.05, 0.1) is 6.21 Å². The van der Waals surface area contributed by atoms with Gasteiger partial charge >= 0.3 is 0 Å². The molecule has 0 unspecified atom stereocenters. The first-order valence-corrected chi connectivity index (χ1v) is 8.18. The van der Waals surface area contributed by atoms with Crippen molar-refractivity contribution in [2.45, 2.75) is 20.4 Å². The third-order valence-electron chi connectivity index (χ3n) is 4.30. The molecule has 1 aromatic carbocycles. The molecule has 0 aliphatic carbocycles. The molecule has 4 nitrogen and oxygen atoms in total. The Morgan fingerprint density at radius 1 is 1.13 bits per heavy atom. The third-order valence-corrected chi connectivity index (χ3v) is 4.30. The number of hydrogen-bond donors (Lipinski definition) is 0. The normalized spacial score (nSPS) is 16.2. The van der Waals surface area contributed by atoms with Gasteiger partial charge in [-0.25, -0.2) is 0 Å². The second-order valence-corrected chi connectivity index (χ2v) is 6.19. The van der Waals surface area contributed by atoms with Crippen molar-refractivity contribution in [1.29, 1.82) is 0 Å². The van der Waals surface area contributed by atoms with Crippen LogP contribution in [0.2, 0.25) is 0 Å². The standard InChI is InChI=1S/C19H24N4/c1-16-5-6-19(17(2)12-16)15-22-8-10-23(11-9-22)21-14-18-4-3-7-20-13-18/h3-7,12-14H,8-11,15H2,1-2H3/b21-14-. The van der Waals surface area contributed by atoms with Gasteiger partial charge in [-0.15, -0.1) is 0 Å². The van der Waals surface area contributed by atoms with E-state index in [1.54, 1.807) is 6.20 Å². The quantitative estimate of drug-likeness (QED) is 0.814. The van der Waals surface area contributed by atoms with Crippen LogP contribution >= 0.6 is 0 Å². The van der Waals surface area contributed by atoms with Gasteiger partial charge in [-0.2, -0.15) is 5.10 Å². The van der Waals surface area contributed by atoms with E-state index in [0.717, 1.165) is 38.3 Å². The zero-order valence-corrected chi connectivity index (χ0v) is 13.9. The Bertz CT molecular complexity index is 658. The van der Waals surface area contributed by atoms with Crippen molar-refractivity contribution in [3.63, 3.8) is 0 Å². The number of hydrazone groups is 1. The van der Waals surface area contributed by atoms with Gasteiger partial charge in [-0.3, -0.25) is 14.9 Å². The van der Waals surface area contributed by atoms with Crippen molar-refractivity contribution >= 4 is 6.21 Å². The van der Waals surface area contributed by atoms with Crippen LogP contribution in [0.15, 0.2) is 47.8 Å². The average Bonchev–Trinajstić information content (AvgIpc) is 2.58. The monoisotopic (exact) mass is 308 g/mol. The Kier molecular flexibility index (Phi) is 5.03. The second kappa shape index (κ2) is 7.38. The lowest BCUT2D eigenvalue weighted by molar-refractivity contribution is 0.131. The molecule has 1 aliphatic rings. The maximum atomic E-state index is 4.57. The van der Waals surface area contributed by atoms with E-state index < -0.39 is 0 Å². The summed E-state index contributed by atoms with van der Waals surface area (Å²) in [5, 5.41) is 6.71. The predicted octanol–water partition coefficient (Wildman–Crippen LogP) is 2.85. The van der Waals surface area contributed by atoms with Gasteiger partial charge in [0.15, 0.2) is 0 Å². The van der Waals surface area contributed by atoms with E-state index in [-0.39, 0.29) is 0 Å². The summed E-state index contributed by atoms with van der Waals surface area (Å²) in [6.07, 6.45) is 5.51. The van der Waals surface area contributed by atoms with Gasteiger partial charge in [0.1, 0.15) is 0 Å². The molecule has 4 heteroatoms. The molecule has 0 N–H and O–H groups in total. The maximum absolute atomic E-state index is 4.57. The van der Waals surface area contributed by atoms with E-state index in [0.29, 0.717) is 0 Å². The molecule has 0 bridgehead atoms. The van der Waals surface area contributed by atoms with Crippen LogP contribution in [0.25, 0.3) is 0 Å². The predicted molar refractivity (Wildman–Crippen MR) is 94.6 cm³/mol. The van der Waals surface area contributed by atoms with Crippen LogP contribution in [0.1, 0.15) is 22.3 Å². The minimum atomic E-state index is 0.974. The molecule has 0 amide bonds. The van der Waals surface area contributed by atoms with Gasteiger partial charge in [0, 0.05) is 50.7 Å². The van der Waals surface area contributed by atoms with E-state index >= 15 is 0 Å². The first-order valence-electron chi connectivity index (χ1n) is 8.18. The minimum absolute atomic E-state index is 0.974. The zero-order valence-electron chi connectivity index (χ0n) is 13.9. The van der Waals surface area contributed by atoms with Crippen LogP contribution in [0, 0.1) is 13.8 Å². The molecule has 23 heavy (non-hydrogen) atoms. The molecule has 120 valence electrons. The first kappa shape index (κ1) is 15.7. The highest BCUT2D eigenvalue weighted by Crippen LogP contribution is 2.14. The first-order chi connectivity index (χ1) is 11.2. The fourth-order valence-corrected chi connectivity index (χ4v) is 2.88. The third kappa shape index (κ3) is 4.39. The molecule has 0 atom stereocenters. The van der Waals surface area contributed by atoms with E-state index in [1.165, 1.54) is 16.7 Å². The van der Waals surface area contributed by atoms with E-state index in [9.17, 15) is 0 Å². The van der Waals surface area contributed by atoms with Crippen LogP contribution in [-0.4, -0.2) is 47.3 Å². The molecule has 3 rings (SSSR count). The molecule has 1 aliphatic heterocycles. The summed E-state index contributed by atoms with van der Waals surface area (Å²) in [5.41, 5.74) is 5.20. The highest BCUT2D eigenvalue weighted by molar-refractivity contribution is 5.78. The smallest absolute Gasteiger partial charge is 0.0558 e. The highest BCUT2D eigenvalue weighted by atomic mass is 15.5. The van der Waals surface area contributed by atoms with E-state index in [2.05, 4.69) is 52.0 Å². The number of nitrogens with zero attached hydrogens (tertiary/aromatic N) is 4. The number of piperazine rings is 1. The Morgan fingerprint density at radius 2 is 1.96 bits per heavy atom. The van der Waals surface area contributed by atoms with Gasteiger partial charge in [-0.05, 0) is 31.0 Å². The van der Waals surface area contributed by atoms with Gasteiger partial charge in [0.25, 0.3) is 0 Å². The Hall–Kier alpha value is -2.20. The van der Waals surface area contributed by atoms with Crippen LogP contribution in [-0.2, 0) is 6.54 Å². The fourth-order valence-electron chi connectivity index (χ4n) is 2.88. The Labute approximate surface area is 138 Å². The summed E-state index contributed by atoms with van der Waals surface area (Å²) in [6.45, 7) is 9.44. The summed E-state index contributed by atoms with van der Waals surface area (Å²) in [7, 11) is 0. The SMILES string of the molecule is Cc1ccc(CN2CCN(/N=C\c3cccnc3)CC2)c(C)c1. The van der Waals surface area contributed by atoms with Crippen LogP contribution in [0.3, 0.4) is 0 Å². The lowest BCUT2D eigenvalue weighted by Gasteiger charge is -2.33. The zero-order chi connectivity index (χ0) is 16.1. The van der Waals surface area contributed by atoms with Crippen molar-refractivity contribution in [3.05, 3.63) is 65.0 Å². The summed E-state index contributed by atoms with van der Waals surface area (Å²) >= 11 is 0. The average molecular weight is 308 g/mol. The number of pyridine rings is 1. The van der Waals surface area contributed by atoms with E-state index in [1.807, 2.05) is 24.5 Å². The lowest BCUT2D eigenvalue weighted by atomic mass is 10.1. The molecule has 2 heterocycles. The molecule has 1 saturated heterocycles. The number of rotatable bonds is 4. The van der Waals surface area contributed by atoms with Crippen LogP contribution in [0.5, 0.6) is 0 Å². The molecule has 0 spiro atoms. The molecule has 0 radical (unpaired) electrons. The number of aromatic nitrogens is 1. The number of aryl methyl sites for hydroxylation is 2. The molecule has 1 aromatic heterocycles. The molecule has 0 saturated carbocycles. The lowest BCUT2D eigenvalue weighted by Crippen LogP contribution is -2.43. The maximum Gasteiger partial charge on any atom is 0.0558 e. The van der Waals surface area contributed by atoms with Crippen molar-refractivity contribution < 1.29 is 0 Å². The second-order valence-electron chi connectivity index (χ2n) is 6.19. The van der Waals surface area contributed by atoms with E-state index in [4.69, 9.17) is 0 Å². The van der Waals surface area contributed by atoms with Gasteiger partial charge < -0.3 is 0 Å². The van der Waals surface area contributed by atoms with Crippen molar-refractivity contribution in [1.82, 2.24) is 14.9 Å². The summed E-state index contributed by atoms with van der Waals surface area (Å²) < 4.78 is 0. The van der Waals surface area contributed by atoms with Crippen molar-refractivity contribution in [2.24, 2.45) is 5.10 Å². The summed E-state index contributed by atoms with van der Waals surface area (Å²) in [5.74, 6) is 0. The number of benzene rings is 1. The Balaban J connectivity index is 1.51. The fraction of sp³-hybridized carbons (Fsp3) is 0.368. The molecular formula is C19H24N4. The summed E-state index contributed by atoms with van der Waals surface area (Å²) in [6, 6.07) is 10.7. The van der Waals surface area contributed by atoms with Crippen molar-refractivity contribution in [2.75, 3.05) is 26.2 Å². The van der Waals surface area contributed by atoms with Crippen molar-refractivity contribution in [3.8, 4) is 0 Å². The molecule has 2 aromatic rings. The summed E-state index contributed by atoms with van der Waals surface area (Å²) in [4.78, 5) is 6.61. The largest absolute Gasteiger partial charge is 0.295 e. The van der Waals surface area contributed by atoms with Crippen LogP contribution < -0.4 is 0 Å². The molecular weight excluding hydrogens is 284 g/mol. The topological polar surface area (TPSA) is 31.7 Å². The van der Waals surface area contributed by atoms with Gasteiger partial charge in [-0.1, -0.05) is 29.8 Å². The van der Waals surface area contributed by atoms with Gasteiger partial charge in [0.2, 0.25) is 0 Å². The molecule has 1 fully saturated rings.